The van der Waals surface area contributed by atoms with Crippen molar-refractivity contribution in [2.75, 3.05) is 13.2 Å². The van der Waals surface area contributed by atoms with Gasteiger partial charge in [0.05, 0.1) is 13.2 Å². The van der Waals surface area contributed by atoms with Crippen molar-refractivity contribution in [1.29, 1.82) is 0 Å². The van der Waals surface area contributed by atoms with E-state index in [1.165, 1.54) is 0 Å². The van der Waals surface area contributed by atoms with Gasteiger partial charge in [-0.15, -0.1) is 0 Å². The van der Waals surface area contributed by atoms with Gasteiger partial charge in [0.15, 0.2) is 5.82 Å². The van der Waals surface area contributed by atoms with Crippen molar-refractivity contribution < 1.29 is 14.1 Å². The van der Waals surface area contributed by atoms with Gasteiger partial charge in [-0.1, -0.05) is 25.9 Å². The smallest absolute Gasteiger partial charge is 0.305 e. The molecule has 0 aliphatic rings. The zero-order valence-corrected chi connectivity index (χ0v) is 12.2. The number of ether oxygens (including phenoxy) is 1. The van der Waals surface area contributed by atoms with Crippen molar-refractivity contribution in [3.8, 4) is 0 Å². The maximum Gasteiger partial charge on any atom is 0.305 e. The molecule has 6 heteroatoms. The van der Waals surface area contributed by atoms with E-state index in [1.807, 2.05) is 20.8 Å². The maximum atomic E-state index is 11.1. The molecule has 1 heterocycles. The molecule has 0 fully saturated rings. The Balaban J connectivity index is 2.20. The van der Waals surface area contributed by atoms with Gasteiger partial charge in [-0.25, -0.2) is 0 Å². The van der Waals surface area contributed by atoms with E-state index in [0.717, 1.165) is 13.0 Å². The second-order valence-corrected chi connectivity index (χ2v) is 5.35. The van der Waals surface area contributed by atoms with Crippen LogP contribution in [0, 0.1) is 0 Å². The zero-order chi connectivity index (χ0) is 14.3. The molecule has 19 heavy (non-hydrogen) atoms. The summed E-state index contributed by atoms with van der Waals surface area (Å²) in [5.41, 5.74) is -0.130. The van der Waals surface area contributed by atoms with Crippen LogP contribution < -0.4 is 5.32 Å². The molecule has 0 bridgehead atoms. The Morgan fingerprint density at radius 3 is 2.74 bits per heavy atom. The summed E-state index contributed by atoms with van der Waals surface area (Å²) < 4.78 is 10.0. The van der Waals surface area contributed by atoms with Crippen LogP contribution in [0.3, 0.4) is 0 Å². The van der Waals surface area contributed by atoms with Crippen molar-refractivity contribution in [2.45, 2.75) is 52.5 Å². The first-order valence-corrected chi connectivity index (χ1v) is 6.63. The predicted octanol–water partition coefficient (Wildman–Crippen LogP) is 1.80. The highest BCUT2D eigenvalue weighted by Crippen LogP contribution is 2.19. The molecule has 0 unspecified atom stereocenters. The van der Waals surface area contributed by atoms with E-state index >= 15 is 0 Å². The van der Waals surface area contributed by atoms with Gasteiger partial charge in [0.25, 0.3) is 0 Å². The van der Waals surface area contributed by atoms with Crippen molar-refractivity contribution in [3.05, 3.63) is 11.7 Å². The van der Waals surface area contributed by atoms with Crippen LogP contribution in [0.1, 0.15) is 52.3 Å². The Morgan fingerprint density at radius 2 is 2.16 bits per heavy atom. The maximum absolute atomic E-state index is 11.1. The Labute approximate surface area is 113 Å². The van der Waals surface area contributed by atoms with Gasteiger partial charge in [-0.2, -0.15) is 4.98 Å². The highest BCUT2D eigenvalue weighted by Gasteiger charge is 2.21. The van der Waals surface area contributed by atoms with E-state index in [4.69, 9.17) is 9.26 Å². The number of hydrogen-bond donors (Lipinski definition) is 1. The van der Waals surface area contributed by atoms with Gasteiger partial charge >= 0.3 is 5.97 Å². The van der Waals surface area contributed by atoms with E-state index in [1.54, 1.807) is 6.92 Å². The van der Waals surface area contributed by atoms with Gasteiger partial charge in [-0.05, 0) is 19.9 Å². The first-order valence-electron chi connectivity index (χ1n) is 6.63. The molecule has 0 saturated carbocycles. The zero-order valence-electron chi connectivity index (χ0n) is 12.2. The van der Waals surface area contributed by atoms with E-state index < -0.39 is 0 Å². The van der Waals surface area contributed by atoms with Crippen LogP contribution in [-0.4, -0.2) is 29.3 Å². The average Bonchev–Trinajstić information content (AvgIpc) is 2.77. The molecule has 0 aliphatic heterocycles. The molecule has 0 spiro atoms. The van der Waals surface area contributed by atoms with Gasteiger partial charge < -0.3 is 14.6 Å². The summed E-state index contributed by atoms with van der Waals surface area (Å²) >= 11 is 0. The fraction of sp³-hybridized carbons (Fsp3) is 0.769. The summed E-state index contributed by atoms with van der Waals surface area (Å²) in [4.78, 5) is 15.4. The van der Waals surface area contributed by atoms with Gasteiger partial charge in [0, 0.05) is 11.8 Å². The molecule has 0 saturated heterocycles. The van der Waals surface area contributed by atoms with E-state index in [0.29, 0.717) is 31.3 Å². The van der Waals surface area contributed by atoms with Crippen molar-refractivity contribution >= 4 is 5.97 Å². The summed E-state index contributed by atoms with van der Waals surface area (Å²) in [7, 11) is 0. The second-order valence-electron chi connectivity index (χ2n) is 5.35. The molecule has 1 rings (SSSR count). The number of aromatic nitrogens is 2. The largest absolute Gasteiger partial charge is 0.466 e. The molecular formula is C13H23N3O3. The number of nitrogens with one attached hydrogen (secondary N) is 1. The highest BCUT2D eigenvalue weighted by molar-refractivity contribution is 5.69. The molecule has 0 atom stereocenters. The van der Waals surface area contributed by atoms with Gasteiger partial charge in [0.1, 0.15) is 0 Å². The first kappa shape index (κ1) is 15.6. The van der Waals surface area contributed by atoms with Crippen molar-refractivity contribution in [3.63, 3.8) is 0 Å². The third-order valence-electron chi connectivity index (χ3n) is 2.43. The Morgan fingerprint density at radius 1 is 1.42 bits per heavy atom. The fourth-order valence-electron chi connectivity index (χ4n) is 1.42. The summed E-state index contributed by atoms with van der Waals surface area (Å²) in [6.45, 7) is 9.58. The van der Waals surface area contributed by atoms with E-state index in [-0.39, 0.29) is 11.4 Å². The van der Waals surface area contributed by atoms with Crippen molar-refractivity contribution in [1.82, 2.24) is 15.5 Å². The molecule has 0 aromatic carbocycles. The molecule has 6 nitrogen and oxygen atoms in total. The molecule has 1 aromatic heterocycles. The van der Waals surface area contributed by atoms with Crippen LogP contribution in [0.4, 0.5) is 0 Å². The molecule has 0 amide bonds. The lowest BCUT2D eigenvalue weighted by molar-refractivity contribution is -0.143. The Kier molecular flexibility index (Phi) is 5.95. The minimum Gasteiger partial charge on any atom is -0.466 e. The minimum atomic E-state index is -0.154. The SMILES string of the molecule is CCOC(=O)CCCNCc1noc(C(C)(C)C)n1. The summed E-state index contributed by atoms with van der Waals surface area (Å²) in [5, 5.41) is 7.08. The summed E-state index contributed by atoms with van der Waals surface area (Å²) in [5.74, 6) is 1.12. The Bertz CT molecular complexity index is 396. The van der Waals surface area contributed by atoms with E-state index in [2.05, 4.69) is 15.5 Å². The standard InChI is InChI=1S/C13H23N3O3/c1-5-18-11(17)7-6-8-14-9-10-15-12(19-16-10)13(2,3)4/h14H,5-9H2,1-4H3. The van der Waals surface area contributed by atoms with Crippen molar-refractivity contribution in [2.24, 2.45) is 0 Å². The minimum absolute atomic E-state index is 0.130. The topological polar surface area (TPSA) is 77.2 Å². The number of carbonyl (C=O) groups excluding carboxylic acids is 1. The molecule has 108 valence electrons. The number of rotatable bonds is 7. The molecule has 1 N–H and O–H groups in total. The Hall–Kier alpha value is -1.43. The molecule has 0 radical (unpaired) electrons. The summed E-state index contributed by atoms with van der Waals surface area (Å²) in [6, 6.07) is 0. The molecular weight excluding hydrogens is 246 g/mol. The van der Waals surface area contributed by atoms with Crippen LogP contribution in [0.5, 0.6) is 0 Å². The quantitative estimate of drug-likeness (QED) is 0.601. The molecule has 0 aliphatic carbocycles. The third-order valence-corrected chi connectivity index (χ3v) is 2.43. The third kappa shape index (κ3) is 5.83. The number of nitrogens with zero attached hydrogens (tertiary/aromatic N) is 2. The van der Waals surface area contributed by atoms with Crippen LogP contribution >= 0.6 is 0 Å². The normalized spacial score (nSPS) is 11.6. The van der Waals surface area contributed by atoms with Crippen LogP contribution in [0.15, 0.2) is 4.52 Å². The van der Waals surface area contributed by atoms with E-state index in [9.17, 15) is 4.79 Å². The lowest BCUT2D eigenvalue weighted by Gasteiger charge is -2.10. The molecule has 1 aromatic rings. The van der Waals surface area contributed by atoms with Gasteiger partial charge in [0.2, 0.25) is 5.89 Å². The number of esters is 1. The number of carbonyl (C=O) groups is 1. The second kappa shape index (κ2) is 7.23. The number of hydrogen-bond acceptors (Lipinski definition) is 6. The lowest BCUT2D eigenvalue weighted by atomic mass is 9.97. The lowest BCUT2D eigenvalue weighted by Crippen LogP contribution is -2.17. The fourth-order valence-corrected chi connectivity index (χ4v) is 1.42. The van der Waals surface area contributed by atoms with Gasteiger partial charge in [-0.3, -0.25) is 4.79 Å². The first-order chi connectivity index (χ1) is 8.93. The van der Waals surface area contributed by atoms with Crippen LogP contribution in [0.2, 0.25) is 0 Å². The summed E-state index contributed by atoms with van der Waals surface area (Å²) in [6.07, 6.45) is 1.17. The average molecular weight is 269 g/mol. The predicted molar refractivity (Wildman–Crippen MR) is 70.6 cm³/mol. The van der Waals surface area contributed by atoms with Crippen LogP contribution in [0.25, 0.3) is 0 Å². The monoisotopic (exact) mass is 269 g/mol. The highest BCUT2D eigenvalue weighted by atomic mass is 16.5. The van der Waals surface area contributed by atoms with Crippen LogP contribution in [-0.2, 0) is 21.5 Å².